The number of pyridine rings is 1. The van der Waals surface area contributed by atoms with Crippen LogP contribution in [0, 0.1) is 26.7 Å². The molecule has 0 saturated carbocycles. The molecule has 140 valence electrons. The zero-order chi connectivity index (χ0) is 18.8. The van der Waals surface area contributed by atoms with Crippen molar-refractivity contribution >= 4 is 5.95 Å². The van der Waals surface area contributed by atoms with Crippen molar-refractivity contribution in [3.05, 3.63) is 53.3 Å². The SMILES string of the molecule is Cc1cc(C[C@H]2COC[C@H]2Nc2nccc(-c3ccc(C)nc3C)n2)on1. The molecule has 1 aliphatic heterocycles. The third-order valence-electron chi connectivity index (χ3n) is 4.81. The average Bonchev–Trinajstić information content (AvgIpc) is 3.24. The van der Waals surface area contributed by atoms with E-state index < -0.39 is 0 Å². The zero-order valence-corrected chi connectivity index (χ0v) is 15.8. The lowest BCUT2D eigenvalue weighted by Gasteiger charge is -2.18. The highest BCUT2D eigenvalue weighted by Gasteiger charge is 2.30. The van der Waals surface area contributed by atoms with Crippen LogP contribution in [0.5, 0.6) is 0 Å². The first-order valence-corrected chi connectivity index (χ1v) is 9.12. The van der Waals surface area contributed by atoms with E-state index in [0.717, 1.165) is 40.5 Å². The Kier molecular flexibility index (Phi) is 4.85. The first-order valence-electron chi connectivity index (χ1n) is 9.12. The zero-order valence-electron chi connectivity index (χ0n) is 15.8. The molecule has 4 rings (SSSR count). The molecule has 0 aromatic carbocycles. The first-order chi connectivity index (χ1) is 13.1. The monoisotopic (exact) mass is 365 g/mol. The van der Waals surface area contributed by atoms with E-state index in [1.807, 2.05) is 39.0 Å². The van der Waals surface area contributed by atoms with Crippen LogP contribution in [0.4, 0.5) is 5.95 Å². The second-order valence-electron chi connectivity index (χ2n) is 7.04. The smallest absolute Gasteiger partial charge is 0.223 e. The van der Waals surface area contributed by atoms with E-state index in [1.54, 1.807) is 6.20 Å². The van der Waals surface area contributed by atoms with E-state index in [2.05, 4.69) is 31.5 Å². The summed E-state index contributed by atoms with van der Waals surface area (Å²) >= 11 is 0. The molecular formula is C20H23N5O2. The minimum atomic E-state index is 0.128. The van der Waals surface area contributed by atoms with E-state index in [9.17, 15) is 0 Å². The second-order valence-corrected chi connectivity index (χ2v) is 7.04. The van der Waals surface area contributed by atoms with E-state index in [1.165, 1.54) is 0 Å². The molecule has 1 N–H and O–H groups in total. The lowest BCUT2D eigenvalue weighted by Crippen LogP contribution is -2.30. The van der Waals surface area contributed by atoms with Crippen molar-refractivity contribution in [2.75, 3.05) is 18.5 Å². The van der Waals surface area contributed by atoms with Gasteiger partial charge in [0.2, 0.25) is 5.95 Å². The Morgan fingerprint density at radius 1 is 1.07 bits per heavy atom. The Bertz CT molecular complexity index is 940. The molecule has 7 nitrogen and oxygen atoms in total. The van der Waals surface area contributed by atoms with Gasteiger partial charge in [-0.2, -0.15) is 0 Å². The molecule has 0 spiro atoms. The summed E-state index contributed by atoms with van der Waals surface area (Å²) < 4.78 is 11.0. The third kappa shape index (κ3) is 3.98. The van der Waals surface area contributed by atoms with Gasteiger partial charge in [0.25, 0.3) is 0 Å². The molecule has 1 aliphatic rings. The predicted octanol–water partition coefficient (Wildman–Crippen LogP) is 3.12. The van der Waals surface area contributed by atoms with Crippen LogP contribution in [-0.4, -0.2) is 39.4 Å². The Labute approximate surface area is 158 Å². The summed E-state index contributed by atoms with van der Waals surface area (Å²) in [7, 11) is 0. The fourth-order valence-electron chi connectivity index (χ4n) is 3.43. The summed E-state index contributed by atoms with van der Waals surface area (Å²) in [6.07, 6.45) is 2.55. The molecule has 0 bridgehead atoms. The van der Waals surface area contributed by atoms with E-state index in [4.69, 9.17) is 9.26 Å². The van der Waals surface area contributed by atoms with Gasteiger partial charge in [-0.05, 0) is 39.0 Å². The predicted molar refractivity (Wildman–Crippen MR) is 101 cm³/mol. The summed E-state index contributed by atoms with van der Waals surface area (Å²) in [5, 5.41) is 7.39. The van der Waals surface area contributed by atoms with Gasteiger partial charge in [-0.25, -0.2) is 9.97 Å². The van der Waals surface area contributed by atoms with Gasteiger partial charge in [0, 0.05) is 41.6 Å². The number of hydrogen-bond acceptors (Lipinski definition) is 7. The fraction of sp³-hybridized carbons (Fsp3) is 0.400. The summed E-state index contributed by atoms with van der Waals surface area (Å²) in [5.41, 5.74) is 4.73. The van der Waals surface area contributed by atoms with Gasteiger partial charge in [0.1, 0.15) is 5.76 Å². The quantitative estimate of drug-likeness (QED) is 0.743. The van der Waals surface area contributed by atoms with Crippen molar-refractivity contribution in [2.24, 2.45) is 5.92 Å². The molecule has 3 aromatic heterocycles. The molecule has 27 heavy (non-hydrogen) atoms. The Morgan fingerprint density at radius 3 is 2.74 bits per heavy atom. The number of nitrogens with zero attached hydrogens (tertiary/aromatic N) is 4. The summed E-state index contributed by atoms with van der Waals surface area (Å²) in [4.78, 5) is 13.6. The van der Waals surface area contributed by atoms with E-state index in [0.29, 0.717) is 19.2 Å². The average molecular weight is 365 g/mol. The minimum absolute atomic E-state index is 0.128. The molecular weight excluding hydrogens is 342 g/mol. The van der Waals surface area contributed by atoms with Crippen LogP contribution < -0.4 is 5.32 Å². The third-order valence-corrected chi connectivity index (χ3v) is 4.81. The maximum Gasteiger partial charge on any atom is 0.223 e. The number of nitrogens with one attached hydrogen (secondary N) is 1. The molecule has 2 atom stereocenters. The molecule has 3 aromatic rings. The number of rotatable bonds is 5. The molecule has 1 fully saturated rings. The van der Waals surface area contributed by atoms with Crippen molar-refractivity contribution in [3.8, 4) is 11.3 Å². The minimum Gasteiger partial charge on any atom is -0.379 e. The highest BCUT2D eigenvalue weighted by atomic mass is 16.5. The van der Waals surface area contributed by atoms with Crippen LogP contribution in [0.1, 0.15) is 22.8 Å². The van der Waals surface area contributed by atoms with E-state index in [-0.39, 0.29) is 12.0 Å². The van der Waals surface area contributed by atoms with Crippen LogP contribution in [0.2, 0.25) is 0 Å². The van der Waals surface area contributed by atoms with Crippen LogP contribution in [0.15, 0.2) is 35.0 Å². The Balaban J connectivity index is 1.50. The van der Waals surface area contributed by atoms with Crippen molar-refractivity contribution in [3.63, 3.8) is 0 Å². The lowest BCUT2D eigenvalue weighted by atomic mass is 9.98. The molecule has 1 saturated heterocycles. The Morgan fingerprint density at radius 2 is 1.96 bits per heavy atom. The number of anilines is 1. The van der Waals surface area contributed by atoms with Gasteiger partial charge in [-0.15, -0.1) is 0 Å². The maximum absolute atomic E-state index is 5.68. The summed E-state index contributed by atoms with van der Waals surface area (Å²) in [5.74, 6) is 1.76. The second kappa shape index (κ2) is 7.44. The van der Waals surface area contributed by atoms with Gasteiger partial charge in [-0.1, -0.05) is 5.16 Å². The molecule has 4 heterocycles. The summed E-state index contributed by atoms with van der Waals surface area (Å²) in [6, 6.07) is 8.06. The molecule has 0 amide bonds. The Hall–Kier alpha value is -2.80. The normalized spacial score (nSPS) is 19.4. The van der Waals surface area contributed by atoms with Crippen molar-refractivity contribution in [1.29, 1.82) is 0 Å². The first kappa shape index (κ1) is 17.6. The number of aryl methyl sites for hydroxylation is 3. The van der Waals surface area contributed by atoms with Crippen LogP contribution in [0.25, 0.3) is 11.3 Å². The number of aromatic nitrogens is 4. The van der Waals surface area contributed by atoms with E-state index >= 15 is 0 Å². The highest BCUT2D eigenvalue weighted by Crippen LogP contribution is 2.24. The van der Waals surface area contributed by atoms with Crippen LogP contribution in [0.3, 0.4) is 0 Å². The van der Waals surface area contributed by atoms with Gasteiger partial charge < -0.3 is 14.6 Å². The van der Waals surface area contributed by atoms with Gasteiger partial charge in [0.05, 0.1) is 30.6 Å². The maximum atomic E-state index is 5.68. The number of ether oxygens (including phenoxy) is 1. The van der Waals surface area contributed by atoms with Crippen LogP contribution in [-0.2, 0) is 11.2 Å². The van der Waals surface area contributed by atoms with Gasteiger partial charge in [-0.3, -0.25) is 4.98 Å². The van der Waals surface area contributed by atoms with Gasteiger partial charge in [0.15, 0.2) is 0 Å². The highest BCUT2D eigenvalue weighted by molar-refractivity contribution is 5.62. The van der Waals surface area contributed by atoms with Crippen molar-refractivity contribution in [2.45, 2.75) is 33.2 Å². The van der Waals surface area contributed by atoms with Crippen molar-refractivity contribution < 1.29 is 9.26 Å². The topological polar surface area (TPSA) is 86.0 Å². The lowest BCUT2D eigenvalue weighted by molar-refractivity contribution is 0.183. The number of hydrogen-bond donors (Lipinski definition) is 1. The molecule has 0 radical (unpaired) electrons. The fourth-order valence-corrected chi connectivity index (χ4v) is 3.43. The largest absolute Gasteiger partial charge is 0.379 e. The molecule has 0 aliphatic carbocycles. The summed E-state index contributed by atoms with van der Waals surface area (Å²) in [6.45, 7) is 7.21. The molecule has 7 heteroatoms. The molecule has 0 unspecified atom stereocenters. The van der Waals surface area contributed by atoms with Gasteiger partial charge >= 0.3 is 0 Å². The standard InChI is InChI=1S/C20H23N5O2/c1-12-4-5-17(14(3)22-12)18-6-7-21-20(23-18)24-19-11-26-10-15(19)9-16-8-13(2)25-27-16/h4-8,15,19H,9-11H2,1-3H3,(H,21,23,24)/t15-,19+/m0/s1. The van der Waals surface area contributed by atoms with Crippen LogP contribution >= 0.6 is 0 Å². The van der Waals surface area contributed by atoms with Crippen molar-refractivity contribution in [1.82, 2.24) is 20.1 Å².